The highest BCUT2D eigenvalue weighted by Gasteiger charge is 2.43. The summed E-state index contributed by atoms with van der Waals surface area (Å²) in [5.41, 5.74) is -0.428. The molecule has 0 aliphatic heterocycles. The lowest BCUT2D eigenvalue weighted by atomic mass is 9.83. The van der Waals surface area contributed by atoms with Gasteiger partial charge in [-0.3, -0.25) is 9.63 Å². The quantitative estimate of drug-likeness (QED) is 0.178. The molecule has 2 aliphatic rings. The lowest BCUT2D eigenvalue weighted by molar-refractivity contribution is -0.244. The molecule has 5 nitrogen and oxygen atoms in total. The smallest absolute Gasteiger partial charge is 0.233 e. The van der Waals surface area contributed by atoms with Gasteiger partial charge >= 0.3 is 0 Å². The molecule has 2 saturated carbocycles. The highest BCUT2D eigenvalue weighted by atomic mass is 28.4. The predicted molar refractivity (Wildman–Crippen MR) is 145 cm³/mol. The number of nitrogens with one attached hydrogen (secondary N) is 1. The Morgan fingerprint density at radius 1 is 0.912 bits per heavy atom. The number of carbonyl (C=O) groups is 1. The number of nitrogens with zero attached hydrogens (tertiary/aromatic N) is 1. The molecule has 1 amide bonds. The molecule has 2 atom stereocenters. The van der Waals surface area contributed by atoms with Crippen molar-refractivity contribution in [3.63, 3.8) is 0 Å². The summed E-state index contributed by atoms with van der Waals surface area (Å²) in [7, 11) is -2.04. The van der Waals surface area contributed by atoms with Gasteiger partial charge in [-0.25, -0.2) is 5.06 Å². The van der Waals surface area contributed by atoms with Crippen molar-refractivity contribution in [3.05, 3.63) is 0 Å². The van der Waals surface area contributed by atoms with Gasteiger partial charge < -0.3 is 9.74 Å². The fourth-order valence-corrected chi connectivity index (χ4v) is 6.65. The maximum atomic E-state index is 12.4. The Bertz CT molecular complexity index is 587. The second kappa shape index (κ2) is 13.2. The van der Waals surface area contributed by atoms with E-state index in [1.165, 1.54) is 64.2 Å². The lowest BCUT2D eigenvalue weighted by Crippen LogP contribution is -2.56. The fourth-order valence-electron chi connectivity index (χ4n) is 5.30. The van der Waals surface area contributed by atoms with Gasteiger partial charge in [-0.15, -0.1) is 0 Å². The maximum Gasteiger partial charge on any atom is 0.233 e. The minimum atomic E-state index is -2.04. The van der Waals surface area contributed by atoms with Gasteiger partial charge in [0, 0.05) is 6.54 Å². The Morgan fingerprint density at radius 2 is 1.44 bits per heavy atom. The van der Waals surface area contributed by atoms with Crippen molar-refractivity contribution in [2.75, 3.05) is 13.1 Å². The van der Waals surface area contributed by atoms with Gasteiger partial charge in [0.1, 0.15) is 0 Å². The summed E-state index contributed by atoms with van der Waals surface area (Å²) in [5.74, 6) is 1.40. The van der Waals surface area contributed by atoms with E-state index >= 15 is 0 Å². The molecule has 0 spiro atoms. The van der Waals surface area contributed by atoms with Crippen LogP contribution in [0.3, 0.4) is 0 Å². The van der Waals surface area contributed by atoms with Crippen LogP contribution in [0.4, 0.5) is 0 Å². The van der Waals surface area contributed by atoms with Crippen LogP contribution in [0.1, 0.15) is 112 Å². The number of amides is 1. The molecule has 0 saturated heterocycles. The van der Waals surface area contributed by atoms with E-state index in [1.807, 2.05) is 20.8 Å². The molecule has 0 aromatic heterocycles. The van der Waals surface area contributed by atoms with Crippen LogP contribution < -0.4 is 5.32 Å². The van der Waals surface area contributed by atoms with E-state index in [9.17, 15) is 4.79 Å². The molecule has 0 radical (unpaired) electrons. The van der Waals surface area contributed by atoms with E-state index in [0.29, 0.717) is 5.92 Å². The molecule has 6 heteroatoms. The minimum absolute atomic E-state index is 0.0704. The van der Waals surface area contributed by atoms with Crippen LogP contribution in [0.15, 0.2) is 0 Å². The molecule has 0 aromatic rings. The van der Waals surface area contributed by atoms with Crippen LogP contribution in [0, 0.1) is 11.8 Å². The highest BCUT2D eigenvalue weighted by Crippen LogP contribution is 2.39. The van der Waals surface area contributed by atoms with Gasteiger partial charge in [0.2, 0.25) is 6.41 Å². The largest absolute Gasteiger partial charge is 0.410 e. The van der Waals surface area contributed by atoms with Crippen LogP contribution in [0.5, 0.6) is 0 Å². The Morgan fingerprint density at radius 3 is 1.91 bits per heavy atom. The summed E-state index contributed by atoms with van der Waals surface area (Å²) in [6, 6.07) is -0.0761. The molecule has 2 fully saturated rings. The molecule has 2 rings (SSSR count). The van der Waals surface area contributed by atoms with E-state index in [2.05, 4.69) is 39.2 Å². The third-order valence-corrected chi connectivity index (χ3v) is 12.8. The van der Waals surface area contributed by atoms with Gasteiger partial charge in [0.05, 0.1) is 17.7 Å². The topological polar surface area (TPSA) is 50.8 Å². The molecule has 1 N–H and O–H groups in total. The Balaban J connectivity index is 2.26. The Hall–Kier alpha value is -0.433. The van der Waals surface area contributed by atoms with Crippen molar-refractivity contribution >= 4 is 14.7 Å². The van der Waals surface area contributed by atoms with E-state index in [0.717, 1.165) is 31.8 Å². The van der Waals surface area contributed by atoms with E-state index in [-0.39, 0.29) is 17.2 Å². The normalized spacial score (nSPS) is 21.3. The first-order valence-electron chi connectivity index (χ1n) is 14.1. The minimum Gasteiger partial charge on any atom is -0.410 e. The summed E-state index contributed by atoms with van der Waals surface area (Å²) in [4.78, 5) is 18.6. The van der Waals surface area contributed by atoms with Gasteiger partial charge in [-0.05, 0) is 76.5 Å². The van der Waals surface area contributed by atoms with Crippen molar-refractivity contribution in [1.29, 1.82) is 0 Å². The van der Waals surface area contributed by atoms with Crippen molar-refractivity contribution in [2.45, 2.75) is 148 Å². The molecule has 0 aromatic carbocycles. The maximum absolute atomic E-state index is 12.4. The van der Waals surface area contributed by atoms with Crippen molar-refractivity contribution in [1.82, 2.24) is 10.4 Å². The van der Waals surface area contributed by atoms with Crippen LogP contribution in [0.2, 0.25) is 18.1 Å². The van der Waals surface area contributed by atoms with E-state index < -0.39 is 13.9 Å². The van der Waals surface area contributed by atoms with Crippen LogP contribution in [-0.4, -0.2) is 50.6 Å². The van der Waals surface area contributed by atoms with Gasteiger partial charge in [-0.1, -0.05) is 72.1 Å². The van der Waals surface area contributed by atoms with Crippen molar-refractivity contribution < 1.29 is 14.1 Å². The number of rotatable bonds is 12. The third kappa shape index (κ3) is 9.91. The molecule has 0 heterocycles. The first kappa shape index (κ1) is 29.8. The summed E-state index contributed by atoms with van der Waals surface area (Å²) >= 11 is 0. The van der Waals surface area contributed by atoms with Crippen LogP contribution in [0.25, 0.3) is 0 Å². The van der Waals surface area contributed by atoms with Crippen LogP contribution in [-0.2, 0) is 14.1 Å². The highest BCUT2D eigenvalue weighted by molar-refractivity contribution is 6.74. The zero-order valence-electron chi connectivity index (χ0n) is 23.8. The molecule has 34 heavy (non-hydrogen) atoms. The number of hydrogen-bond donors (Lipinski definition) is 1. The van der Waals surface area contributed by atoms with Gasteiger partial charge in [0.25, 0.3) is 0 Å². The summed E-state index contributed by atoms with van der Waals surface area (Å²) in [6.45, 7) is 19.4. The summed E-state index contributed by atoms with van der Waals surface area (Å²) in [6.07, 6.45) is 15.0. The molecule has 200 valence electrons. The van der Waals surface area contributed by atoms with Crippen LogP contribution >= 0.6 is 0 Å². The Kier molecular flexibility index (Phi) is 11.6. The fraction of sp³-hybridized carbons (Fsp3) is 0.964. The van der Waals surface area contributed by atoms with Gasteiger partial charge in [0.15, 0.2) is 8.32 Å². The number of hydroxylamine groups is 2. The first-order valence-corrected chi connectivity index (χ1v) is 17.0. The van der Waals surface area contributed by atoms with E-state index in [4.69, 9.17) is 9.26 Å². The molecule has 2 unspecified atom stereocenters. The average Bonchev–Trinajstić information content (AvgIpc) is 2.75. The van der Waals surface area contributed by atoms with E-state index in [1.54, 1.807) is 5.06 Å². The summed E-state index contributed by atoms with van der Waals surface area (Å²) < 4.78 is 7.09. The Labute approximate surface area is 212 Å². The predicted octanol–water partition coefficient (Wildman–Crippen LogP) is 7.07. The monoisotopic (exact) mass is 496 g/mol. The van der Waals surface area contributed by atoms with Gasteiger partial charge in [-0.2, -0.15) is 0 Å². The molecule has 2 aliphatic carbocycles. The molecular formula is C28H56N2O3Si. The standard InChI is InChI=1S/C28H56N2O3Si/c1-27(2,3)33-30(22-31)25(19-23-15-11-9-12-16-23)26(32-34(7,8)28(4,5)6)21-29-20-24-17-13-10-14-18-24/h22-26,29H,9-21H2,1-8H3. The SMILES string of the molecule is CC(C)(C)ON(C=O)C(CC1CCCCC1)C(CNCC1CCCCC1)O[Si](C)(C)C(C)(C)C. The number of carbonyl (C=O) groups excluding carboxylic acids is 1. The second-order valence-corrected chi connectivity index (χ2v) is 18.3. The third-order valence-electron chi connectivity index (χ3n) is 8.29. The second-order valence-electron chi connectivity index (χ2n) is 13.6. The molecular weight excluding hydrogens is 440 g/mol. The summed E-state index contributed by atoms with van der Waals surface area (Å²) in [5, 5.41) is 5.52. The zero-order valence-corrected chi connectivity index (χ0v) is 24.8. The lowest BCUT2D eigenvalue weighted by Gasteiger charge is -2.45. The first-order chi connectivity index (χ1) is 15.8. The number of hydrogen-bond acceptors (Lipinski definition) is 4. The van der Waals surface area contributed by atoms with Crippen molar-refractivity contribution in [2.24, 2.45) is 11.8 Å². The zero-order chi connectivity index (χ0) is 25.4. The average molecular weight is 497 g/mol. The molecule has 0 bridgehead atoms. The van der Waals surface area contributed by atoms with Crippen molar-refractivity contribution in [3.8, 4) is 0 Å².